The Morgan fingerprint density at radius 2 is 2.04 bits per heavy atom. The minimum atomic E-state index is 0.197. The van der Waals surface area contributed by atoms with Crippen molar-refractivity contribution in [2.24, 2.45) is 0 Å². The maximum Gasteiger partial charge on any atom is 0.227 e. The van der Waals surface area contributed by atoms with Crippen molar-refractivity contribution in [3.63, 3.8) is 0 Å². The monoisotopic (exact) mass is 309 g/mol. The van der Waals surface area contributed by atoms with Crippen molar-refractivity contribution < 1.29 is 9.53 Å². The quantitative estimate of drug-likeness (QED) is 0.857. The minimum absolute atomic E-state index is 0.197. The maximum atomic E-state index is 12.8. The van der Waals surface area contributed by atoms with E-state index >= 15 is 0 Å². The van der Waals surface area contributed by atoms with Gasteiger partial charge in [0.15, 0.2) is 0 Å². The smallest absolute Gasteiger partial charge is 0.227 e. The zero-order valence-electron chi connectivity index (χ0n) is 13.8. The molecule has 1 atom stereocenters. The van der Waals surface area contributed by atoms with Gasteiger partial charge in [-0.15, -0.1) is 0 Å². The summed E-state index contributed by atoms with van der Waals surface area (Å²) < 4.78 is 5.24. The summed E-state index contributed by atoms with van der Waals surface area (Å²) in [5.41, 5.74) is 3.50. The van der Waals surface area contributed by atoms with Gasteiger partial charge in [0, 0.05) is 6.54 Å². The van der Waals surface area contributed by atoms with E-state index in [-0.39, 0.29) is 11.9 Å². The van der Waals surface area contributed by atoms with E-state index in [2.05, 4.69) is 31.2 Å². The lowest BCUT2D eigenvalue weighted by Crippen LogP contribution is -2.31. The van der Waals surface area contributed by atoms with Crippen LogP contribution in [0.3, 0.4) is 0 Å². The van der Waals surface area contributed by atoms with Crippen LogP contribution >= 0.6 is 0 Å². The van der Waals surface area contributed by atoms with Crippen molar-refractivity contribution in [1.29, 1.82) is 0 Å². The molecule has 23 heavy (non-hydrogen) atoms. The average Bonchev–Trinajstić information content (AvgIpc) is 3.05. The van der Waals surface area contributed by atoms with Crippen LogP contribution in [0.5, 0.6) is 5.75 Å². The fourth-order valence-corrected chi connectivity index (χ4v) is 3.35. The highest BCUT2D eigenvalue weighted by atomic mass is 16.5. The van der Waals surface area contributed by atoms with Gasteiger partial charge in [0.2, 0.25) is 5.91 Å². The Bertz CT molecular complexity index is 696. The zero-order chi connectivity index (χ0) is 16.2. The molecular formula is C20H23NO2. The summed E-state index contributed by atoms with van der Waals surface area (Å²) in [5.74, 6) is 0.995. The van der Waals surface area contributed by atoms with E-state index in [1.165, 1.54) is 11.1 Å². The molecule has 1 aliphatic rings. The topological polar surface area (TPSA) is 29.5 Å². The van der Waals surface area contributed by atoms with E-state index in [9.17, 15) is 4.79 Å². The predicted molar refractivity (Wildman–Crippen MR) is 91.6 cm³/mol. The molecular weight excluding hydrogens is 286 g/mol. The van der Waals surface area contributed by atoms with Gasteiger partial charge in [0.25, 0.3) is 0 Å². The van der Waals surface area contributed by atoms with Gasteiger partial charge in [-0.3, -0.25) is 4.79 Å². The standard InChI is InChI=1S/C20H23NO2/c1-15-6-3-8-17(12-15)19-10-5-11-21(19)20(22)14-16-7-4-9-18(13-16)23-2/h3-4,6-9,12-13,19H,5,10-11,14H2,1-2H3/t19-/m1/s1. The Hall–Kier alpha value is -2.29. The van der Waals surface area contributed by atoms with Gasteiger partial charge in [-0.1, -0.05) is 42.0 Å². The van der Waals surface area contributed by atoms with Crippen molar-refractivity contribution in [1.82, 2.24) is 4.90 Å². The van der Waals surface area contributed by atoms with Gasteiger partial charge in [-0.05, 0) is 43.0 Å². The van der Waals surface area contributed by atoms with Crippen molar-refractivity contribution in [2.45, 2.75) is 32.2 Å². The fraction of sp³-hybridized carbons (Fsp3) is 0.350. The largest absolute Gasteiger partial charge is 0.497 e. The van der Waals surface area contributed by atoms with E-state index in [1.807, 2.05) is 29.2 Å². The molecule has 0 aromatic heterocycles. The Labute approximate surface area is 137 Å². The molecule has 120 valence electrons. The molecule has 1 amide bonds. The molecule has 0 aliphatic carbocycles. The number of likely N-dealkylation sites (tertiary alicyclic amines) is 1. The second kappa shape index (κ2) is 6.86. The number of benzene rings is 2. The normalized spacial score (nSPS) is 17.3. The van der Waals surface area contributed by atoms with Crippen LogP contribution in [-0.4, -0.2) is 24.5 Å². The van der Waals surface area contributed by atoms with Crippen LogP contribution in [0.2, 0.25) is 0 Å². The Morgan fingerprint density at radius 1 is 1.22 bits per heavy atom. The SMILES string of the molecule is COc1cccc(CC(=O)N2CCC[C@@H]2c2cccc(C)c2)c1. The third kappa shape index (κ3) is 3.55. The lowest BCUT2D eigenvalue weighted by molar-refractivity contribution is -0.131. The highest BCUT2D eigenvalue weighted by molar-refractivity contribution is 5.79. The Morgan fingerprint density at radius 3 is 2.83 bits per heavy atom. The number of hydrogen-bond donors (Lipinski definition) is 0. The van der Waals surface area contributed by atoms with Gasteiger partial charge >= 0.3 is 0 Å². The van der Waals surface area contributed by atoms with Crippen molar-refractivity contribution in [2.75, 3.05) is 13.7 Å². The zero-order valence-corrected chi connectivity index (χ0v) is 13.8. The van der Waals surface area contributed by atoms with Crippen molar-refractivity contribution >= 4 is 5.91 Å². The van der Waals surface area contributed by atoms with Crippen LogP contribution in [0.15, 0.2) is 48.5 Å². The highest BCUT2D eigenvalue weighted by Crippen LogP contribution is 2.32. The van der Waals surface area contributed by atoms with Crippen LogP contribution in [0.25, 0.3) is 0 Å². The van der Waals surface area contributed by atoms with Crippen LogP contribution in [0.1, 0.15) is 35.6 Å². The fourth-order valence-electron chi connectivity index (χ4n) is 3.35. The van der Waals surface area contributed by atoms with E-state index in [0.29, 0.717) is 6.42 Å². The van der Waals surface area contributed by atoms with Gasteiger partial charge in [-0.2, -0.15) is 0 Å². The number of hydrogen-bond acceptors (Lipinski definition) is 2. The third-order valence-corrected chi connectivity index (χ3v) is 4.49. The first-order chi connectivity index (χ1) is 11.2. The summed E-state index contributed by atoms with van der Waals surface area (Å²) in [7, 11) is 1.65. The number of carbonyl (C=O) groups excluding carboxylic acids is 1. The molecule has 1 heterocycles. The van der Waals surface area contributed by atoms with Gasteiger partial charge in [0.1, 0.15) is 5.75 Å². The molecule has 1 saturated heterocycles. The molecule has 0 radical (unpaired) electrons. The third-order valence-electron chi connectivity index (χ3n) is 4.49. The molecule has 0 N–H and O–H groups in total. The van der Waals surface area contributed by atoms with Crippen molar-refractivity contribution in [3.8, 4) is 5.75 Å². The molecule has 2 aromatic carbocycles. The summed E-state index contributed by atoms with van der Waals surface area (Å²) in [5, 5.41) is 0. The molecule has 1 aliphatic heterocycles. The van der Waals surface area contributed by atoms with Gasteiger partial charge in [0.05, 0.1) is 19.6 Å². The number of amides is 1. The van der Waals surface area contributed by atoms with Crippen molar-refractivity contribution in [3.05, 3.63) is 65.2 Å². The van der Waals surface area contributed by atoms with Gasteiger partial charge in [-0.25, -0.2) is 0 Å². The molecule has 3 nitrogen and oxygen atoms in total. The van der Waals surface area contributed by atoms with Crippen LogP contribution in [0, 0.1) is 6.92 Å². The van der Waals surface area contributed by atoms with E-state index in [4.69, 9.17) is 4.74 Å². The first kappa shape index (κ1) is 15.6. The maximum absolute atomic E-state index is 12.8. The lowest BCUT2D eigenvalue weighted by atomic mass is 10.0. The number of aryl methyl sites for hydroxylation is 1. The van der Waals surface area contributed by atoms with Gasteiger partial charge < -0.3 is 9.64 Å². The molecule has 3 heteroatoms. The Balaban J connectivity index is 1.75. The predicted octanol–water partition coefficient (Wildman–Crippen LogP) is 3.91. The second-order valence-corrected chi connectivity index (χ2v) is 6.19. The number of ether oxygens (including phenoxy) is 1. The molecule has 0 unspecified atom stereocenters. The molecule has 0 saturated carbocycles. The summed E-state index contributed by atoms with van der Waals surface area (Å²) in [6.07, 6.45) is 2.55. The first-order valence-electron chi connectivity index (χ1n) is 8.16. The summed E-state index contributed by atoms with van der Waals surface area (Å²) in [6.45, 7) is 2.95. The number of carbonyl (C=O) groups is 1. The number of nitrogens with zero attached hydrogens (tertiary/aromatic N) is 1. The number of methoxy groups -OCH3 is 1. The van der Waals surface area contributed by atoms with Crippen LogP contribution < -0.4 is 4.74 Å². The van der Waals surface area contributed by atoms with E-state index in [0.717, 1.165) is 30.7 Å². The summed E-state index contributed by atoms with van der Waals surface area (Å²) in [4.78, 5) is 14.8. The van der Waals surface area contributed by atoms with E-state index < -0.39 is 0 Å². The highest BCUT2D eigenvalue weighted by Gasteiger charge is 2.29. The lowest BCUT2D eigenvalue weighted by Gasteiger charge is -2.25. The molecule has 2 aromatic rings. The second-order valence-electron chi connectivity index (χ2n) is 6.19. The van der Waals surface area contributed by atoms with Crippen LogP contribution in [-0.2, 0) is 11.2 Å². The molecule has 0 spiro atoms. The molecule has 0 bridgehead atoms. The van der Waals surface area contributed by atoms with E-state index in [1.54, 1.807) is 7.11 Å². The molecule has 3 rings (SSSR count). The summed E-state index contributed by atoms with van der Waals surface area (Å²) >= 11 is 0. The Kier molecular flexibility index (Phi) is 4.65. The molecule has 1 fully saturated rings. The first-order valence-corrected chi connectivity index (χ1v) is 8.16. The summed E-state index contributed by atoms with van der Waals surface area (Å²) in [6, 6.07) is 16.5. The van der Waals surface area contributed by atoms with Crippen LogP contribution in [0.4, 0.5) is 0 Å². The average molecular weight is 309 g/mol. The minimum Gasteiger partial charge on any atom is -0.497 e. The number of rotatable bonds is 4.